The largest absolute Gasteiger partial charge is 0.368 e. The molecule has 3 radical (unpaired) electrons. The van der Waals surface area contributed by atoms with E-state index < -0.39 is 0 Å². The molecular weight excluding hydrogens is 91.9 g/mol. The maximum absolute atomic E-state index is 2.86. The number of nitrogens with one attached hydrogen (secondary N) is 1. The molecule has 3 heteroatoms. The van der Waals surface area contributed by atoms with Crippen LogP contribution in [-0.4, -0.2) is 13.4 Å². The molecule has 0 aliphatic heterocycles. The Morgan fingerprint density at radius 1 is 1.00 bits per heavy atom. The van der Waals surface area contributed by atoms with E-state index in [9.17, 15) is 0 Å². The molecule has 37 valence electrons. The molecule has 1 aromatic rings. The number of aromatic amines is 1. The molecule has 7 heavy (non-hydrogen) atoms. The fourth-order valence-corrected chi connectivity index (χ4v) is 0.278. The van der Waals surface area contributed by atoms with Crippen LogP contribution < -0.4 is 0 Å². The van der Waals surface area contributed by atoms with Gasteiger partial charge in [0.1, 0.15) is 0 Å². The van der Waals surface area contributed by atoms with Crippen LogP contribution in [0.15, 0.2) is 24.5 Å². The van der Waals surface area contributed by atoms with E-state index in [-0.39, 0.29) is 13.1 Å². The first-order valence-electron chi connectivity index (χ1n) is 1.58. The predicted octanol–water partition coefficient (Wildman–Crippen LogP) is 0.786. The van der Waals surface area contributed by atoms with Gasteiger partial charge in [-0.3, -0.25) is 4.70 Å². The summed E-state index contributed by atoms with van der Waals surface area (Å²) >= 11 is 0. The van der Waals surface area contributed by atoms with Crippen LogP contribution in [0.1, 0.15) is 0 Å². The third-order valence-electron chi connectivity index (χ3n) is 0.496. The molecule has 0 bridgehead atoms. The van der Waals surface area contributed by atoms with Crippen molar-refractivity contribution in [1.82, 2.24) is 4.98 Å². The fraction of sp³-hybridized carbons (Fsp3) is 0. The van der Waals surface area contributed by atoms with Crippen molar-refractivity contribution in [3.05, 3.63) is 24.5 Å². The maximum atomic E-state index is 2.86. The zero-order chi connectivity index (χ0) is 3.54. The lowest BCUT2D eigenvalue weighted by Gasteiger charge is -1.49. The van der Waals surface area contributed by atoms with E-state index in [4.69, 9.17) is 0 Å². The summed E-state index contributed by atoms with van der Waals surface area (Å²) in [6, 6.07) is 3.89. The van der Waals surface area contributed by atoms with E-state index in [2.05, 4.69) is 4.98 Å². The molecule has 0 aliphatic carbocycles. The van der Waals surface area contributed by atoms with Gasteiger partial charge in [0, 0.05) is 20.8 Å². The normalized spacial score (nSPS) is 5.71. The molecule has 0 amide bonds. The number of halogens is 1. The van der Waals surface area contributed by atoms with Gasteiger partial charge in [0.15, 0.2) is 0 Å². The van der Waals surface area contributed by atoms with Gasteiger partial charge in [-0.15, -0.1) is 0 Å². The quantitative estimate of drug-likeness (QED) is 0.461. The number of rotatable bonds is 0. The van der Waals surface area contributed by atoms with Crippen LogP contribution in [0.2, 0.25) is 0 Å². The van der Waals surface area contributed by atoms with Gasteiger partial charge in [-0.2, -0.15) is 0 Å². The molecule has 1 nitrogen and oxygen atoms in total. The van der Waals surface area contributed by atoms with Crippen molar-refractivity contribution in [3.63, 3.8) is 0 Å². The van der Waals surface area contributed by atoms with Crippen LogP contribution in [-0.2, 0) is 0 Å². The highest BCUT2D eigenvalue weighted by Gasteiger charge is 1.55. The zero-order valence-electron chi connectivity index (χ0n) is 3.79. The van der Waals surface area contributed by atoms with Gasteiger partial charge >= 0.3 is 0 Å². The first kappa shape index (κ1) is 9.55. The molecule has 0 saturated heterocycles. The number of hydrogen-bond acceptors (Lipinski definition) is 0. The van der Waals surface area contributed by atoms with E-state index in [0.717, 1.165) is 0 Å². The summed E-state index contributed by atoms with van der Waals surface area (Å²) in [4.78, 5) is 2.86. The highest BCUT2D eigenvalue weighted by Crippen LogP contribution is 1.72. The molecule has 0 fully saturated rings. The highest BCUT2D eigenvalue weighted by molar-refractivity contribution is 5.75. The molecule has 0 aromatic carbocycles. The summed E-state index contributed by atoms with van der Waals surface area (Å²) in [5, 5.41) is 0. The van der Waals surface area contributed by atoms with Gasteiger partial charge in [-0.05, 0) is 12.1 Å². The SMILES string of the molecule is F.[B].c1cc[nH]c1. The van der Waals surface area contributed by atoms with Gasteiger partial charge < -0.3 is 4.98 Å². The molecule has 0 atom stereocenters. The van der Waals surface area contributed by atoms with Crippen LogP contribution in [0.4, 0.5) is 4.70 Å². The summed E-state index contributed by atoms with van der Waals surface area (Å²) in [6.45, 7) is 0. The minimum Gasteiger partial charge on any atom is -0.368 e. The molecule has 1 heterocycles. The fourth-order valence-electron chi connectivity index (χ4n) is 0.278. The summed E-state index contributed by atoms with van der Waals surface area (Å²) in [5.41, 5.74) is 0. The predicted molar refractivity (Wildman–Crippen MR) is 29.0 cm³/mol. The zero-order valence-corrected chi connectivity index (χ0v) is 3.79. The van der Waals surface area contributed by atoms with Gasteiger partial charge in [-0.1, -0.05) is 0 Å². The monoisotopic (exact) mass is 98.1 g/mol. The number of H-pyrrole nitrogens is 1. The maximum Gasteiger partial charge on any atom is 0.000496 e. The van der Waals surface area contributed by atoms with Crippen molar-refractivity contribution in [2.75, 3.05) is 0 Å². The van der Waals surface area contributed by atoms with E-state index in [1.165, 1.54) is 0 Å². The van der Waals surface area contributed by atoms with Crippen molar-refractivity contribution in [2.24, 2.45) is 0 Å². The molecule has 0 aliphatic rings. The summed E-state index contributed by atoms with van der Waals surface area (Å²) < 4.78 is 0. The third kappa shape index (κ3) is 3.10. The molecule has 1 N–H and O–H groups in total. The highest BCUT2D eigenvalue weighted by atomic mass is 19.0. The Morgan fingerprint density at radius 3 is 1.57 bits per heavy atom. The second kappa shape index (κ2) is 5.27. The minimum atomic E-state index is 0. The molecule has 0 unspecified atom stereocenters. The summed E-state index contributed by atoms with van der Waals surface area (Å²) in [6.07, 6.45) is 3.75. The molecule has 1 rings (SSSR count). The van der Waals surface area contributed by atoms with Gasteiger partial charge in [0.2, 0.25) is 0 Å². The average Bonchev–Trinajstić information content (AvgIpc) is 1.76. The molecule has 0 spiro atoms. The Morgan fingerprint density at radius 2 is 1.43 bits per heavy atom. The summed E-state index contributed by atoms with van der Waals surface area (Å²) in [7, 11) is 0. The van der Waals surface area contributed by atoms with E-state index in [0.29, 0.717) is 0 Å². The Kier molecular flexibility index (Phi) is 7.20. The summed E-state index contributed by atoms with van der Waals surface area (Å²) in [5.74, 6) is 0. The van der Waals surface area contributed by atoms with E-state index >= 15 is 0 Å². The van der Waals surface area contributed by atoms with E-state index in [1.807, 2.05) is 24.5 Å². The van der Waals surface area contributed by atoms with Gasteiger partial charge in [0.25, 0.3) is 0 Å². The Hall–Kier alpha value is -0.725. The van der Waals surface area contributed by atoms with Crippen molar-refractivity contribution in [3.8, 4) is 0 Å². The lowest BCUT2D eigenvalue weighted by molar-refractivity contribution is 1.11. The van der Waals surface area contributed by atoms with Crippen molar-refractivity contribution in [2.45, 2.75) is 0 Å². The van der Waals surface area contributed by atoms with Crippen LogP contribution in [0.3, 0.4) is 0 Å². The van der Waals surface area contributed by atoms with Crippen molar-refractivity contribution >= 4 is 8.41 Å². The average molecular weight is 97.9 g/mol. The van der Waals surface area contributed by atoms with Crippen LogP contribution in [0, 0.1) is 0 Å². The molecule has 1 aromatic heterocycles. The Labute approximate surface area is 43.7 Å². The smallest absolute Gasteiger partial charge is 0.000496 e. The third-order valence-corrected chi connectivity index (χ3v) is 0.496. The van der Waals surface area contributed by atoms with E-state index in [1.54, 1.807) is 0 Å². The van der Waals surface area contributed by atoms with Gasteiger partial charge in [-0.25, -0.2) is 0 Å². The first-order chi connectivity index (χ1) is 2.50. The first-order valence-corrected chi connectivity index (χ1v) is 1.58. The van der Waals surface area contributed by atoms with Gasteiger partial charge in [0.05, 0.1) is 0 Å². The number of hydrogen-bond donors (Lipinski definition) is 1. The standard InChI is InChI=1S/C4H5N.B.FH/c1-2-4-5-3-1;;/h1-5H;;1H. The second-order valence-corrected chi connectivity index (χ2v) is 0.885. The Balaban J connectivity index is 0. The minimum absolute atomic E-state index is 0. The van der Waals surface area contributed by atoms with Crippen LogP contribution in [0.5, 0.6) is 0 Å². The lowest BCUT2D eigenvalue weighted by atomic mass is 10.7. The Bertz CT molecular complexity index is 68.2. The van der Waals surface area contributed by atoms with Crippen molar-refractivity contribution in [1.29, 1.82) is 0 Å². The number of aromatic nitrogens is 1. The lowest BCUT2D eigenvalue weighted by Crippen LogP contribution is -1.38. The topological polar surface area (TPSA) is 15.8 Å². The van der Waals surface area contributed by atoms with Crippen molar-refractivity contribution < 1.29 is 4.70 Å². The van der Waals surface area contributed by atoms with Crippen LogP contribution >= 0.6 is 0 Å². The molecule has 0 saturated carbocycles. The second-order valence-electron chi connectivity index (χ2n) is 0.885. The molecular formula is C4H6BFN. The van der Waals surface area contributed by atoms with Crippen LogP contribution in [0.25, 0.3) is 0 Å².